The molecule has 1 aliphatic heterocycles. The highest BCUT2D eigenvalue weighted by molar-refractivity contribution is 4.97. The van der Waals surface area contributed by atoms with Crippen molar-refractivity contribution in [2.45, 2.75) is 37.9 Å². The zero-order valence-electron chi connectivity index (χ0n) is 7.22. The van der Waals surface area contributed by atoms with Crippen molar-refractivity contribution in [1.29, 1.82) is 0 Å². The lowest BCUT2D eigenvalue weighted by Crippen LogP contribution is -2.58. The van der Waals surface area contributed by atoms with Gasteiger partial charge in [-0.15, -0.1) is 0 Å². The lowest BCUT2D eigenvalue weighted by atomic mass is 9.80. The van der Waals surface area contributed by atoms with Crippen LogP contribution in [0.4, 0.5) is 0 Å². The van der Waals surface area contributed by atoms with Gasteiger partial charge in [0.2, 0.25) is 0 Å². The van der Waals surface area contributed by atoms with Crippen LogP contribution in [-0.2, 0) is 0 Å². The molecule has 0 aromatic carbocycles. The highest BCUT2D eigenvalue weighted by Crippen LogP contribution is 2.27. The SMILES string of the molecule is CC(C)(O)[C@@]1(O)CCCNC1. The molecule has 11 heavy (non-hydrogen) atoms. The van der Waals surface area contributed by atoms with Gasteiger partial charge in [0.05, 0.1) is 5.60 Å². The maximum atomic E-state index is 9.90. The van der Waals surface area contributed by atoms with Crippen molar-refractivity contribution in [2.24, 2.45) is 0 Å². The van der Waals surface area contributed by atoms with E-state index >= 15 is 0 Å². The average Bonchev–Trinajstić information content (AvgIpc) is 1.87. The molecule has 1 atom stereocenters. The zero-order chi connectivity index (χ0) is 8.54. The standard InChI is InChI=1S/C8H17NO2/c1-7(2,10)8(11)4-3-5-9-6-8/h9-11H,3-6H2,1-2H3/t8-/m1/s1. The number of hydrogen-bond acceptors (Lipinski definition) is 3. The predicted molar refractivity (Wildman–Crippen MR) is 43.4 cm³/mol. The maximum absolute atomic E-state index is 9.90. The Bertz CT molecular complexity index is 134. The number of aliphatic hydroxyl groups is 2. The van der Waals surface area contributed by atoms with Crippen molar-refractivity contribution in [1.82, 2.24) is 5.32 Å². The summed E-state index contributed by atoms with van der Waals surface area (Å²) in [5.74, 6) is 0. The van der Waals surface area contributed by atoms with Gasteiger partial charge in [0, 0.05) is 6.54 Å². The number of nitrogens with one attached hydrogen (secondary N) is 1. The Balaban J connectivity index is 2.64. The van der Waals surface area contributed by atoms with Gasteiger partial charge in [0.25, 0.3) is 0 Å². The minimum Gasteiger partial charge on any atom is -0.387 e. The Labute approximate surface area is 67.4 Å². The van der Waals surface area contributed by atoms with Crippen LogP contribution in [0.15, 0.2) is 0 Å². The first kappa shape index (κ1) is 8.97. The third-order valence-corrected chi connectivity index (χ3v) is 2.50. The van der Waals surface area contributed by atoms with Crippen molar-refractivity contribution in [3.05, 3.63) is 0 Å². The summed E-state index contributed by atoms with van der Waals surface area (Å²) in [7, 11) is 0. The van der Waals surface area contributed by atoms with Crippen LogP contribution in [0.2, 0.25) is 0 Å². The molecular formula is C8H17NO2. The molecule has 1 rings (SSSR count). The summed E-state index contributed by atoms with van der Waals surface area (Å²) in [5.41, 5.74) is -1.94. The van der Waals surface area contributed by atoms with Crippen molar-refractivity contribution in [2.75, 3.05) is 13.1 Å². The average molecular weight is 159 g/mol. The summed E-state index contributed by atoms with van der Waals surface area (Å²) in [6, 6.07) is 0. The molecule has 0 spiro atoms. The normalized spacial score (nSPS) is 33.8. The number of β-amino-alcohol motifs (C(OH)–C–C–N with tert-alkyl or cyclic N) is 1. The fraction of sp³-hybridized carbons (Fsp3) is 1.00. The molecule has 3 heteroatoms. The van der Waals surface area contributed by atoms with Gasteiger partial charge in [0.1, 0.15) is 5.60 Å². The second kappa shape index (κ2) is 2.73. The quantitative estimate of drug-likeness (QED) is 0.499. The molecule has 66 valence electrons. The van der Waals surface area contributed by atoms with Crippen LogP contribution in [0.3, 0.4) is 0 Å². The Morgan fingerprint density at radius 2 is 2.09 bits per heavy atom. The molecule has 0 unspecified atom stereocenters. The number of hydrogen-bond donors (Lipinski definition) is 3. The van der Waals surface area contributed by atoms with E-state index in [9.17, 15) is 10.2 Å². The van der Waals surface area contributed by atoms with E-state index in [0.29, 0.717) is 13.0 Å². The summed E-state index contributed by atoms with van der Waals surface area (Å²) >= 11 is 0. The van der Waals surface area contributed by atoms with E-state index < -0.39 is 11.2 Å². The molecule has 0 amide bonds. The minimum absolute atomic E-state index is 0.497. The molecule has 0 aromatic heterocycles. The van der Waals surface area contributed by atoms with E-state index in [-0.39, 0.29) is 0 Å². The molecular weight excluding hydrogens is 142 g/mol. The van der Waals surface area contributed by atoms with E-state index in [4.69, 9.17) is 0 Å². The van der Waals surface area contributed by atoms with Gasteiger partial charge in [0.15, 0.2) is 0 Å². The fourth-order valence-electron chi connectivity index (χ4n) is 1.41. The molecule has 0 bridgehead atoms. The number of rotatable bonds is 1. The monoisotopic (exact) mass is 159 g/mol. The van der Waals surface area contributed by atoms with Crippen LogP contribution < -0.4 is 5.32 Å². The van der Waals surface area contributed by atoms with Crippen LogP contribution >= 0.6 is 0 Å². The van der Waals surface area contributed by atoms with E-state index in [2.05, 4.69) is 5.32 Å². The highest BCUT2D eigenvalue weighted by Gasteiger charge is 2.42. The largest absolute Gasteiger partial charge is 0.387 e. The molecule has 1 aliphatic rings. The molecule has 0 aliphatic carbocycles. The van der Waals surface area contributed by atoms with Gasteiger partial charge in [-0.3, -0.25) is 0 Å². The number of piperidine rings is 1. The zero-order valence-corrected chi connectivity index (χ0v) is 7.22. The third-order valence-electron chi connectivity index (χ3n) is 2.50. The molecule has 3 nitrogen and oxygen atoms in total. The molecule has 0 saturated carbocycles. The van der Waals surface area contributed by atoms with Gasteiger partial charge in [-0.1, -0.05) is 0 Å². The van der Waals surface area contributed by atoms with E-state index in [1.54, 1.807) is 13.8 Å². The van der Waals surface area contributed by atoms with Crippen molar-refractivity contribution < 1.29 is 10.2 Å². The molecule has 3 N–H and O–H groups in total. The summed E-state index contributed by atoms with van der Waals surface area (Å²) in [5, 5.41) is 22.6. The molecule has 0 radical (unpaired) electrons. The third kappa shape index (κ3) is 1.72. The molecule has 1 heterocycles. The van der Waals surface area contributed by atoms with Crippen LogP contribution in [0, 0.1) is 0 Å². The van der Waals surface area contributed by atoms with Crippen molar-refractivity contribution >= 4 is 0 Å². The fourth-order valence-corrected chi connectivity index (χ4v) is 1.41. The Morgan fingerprint density at radius 3 is 2.36 bits per heavy atom. The highest BCUT2D eigenvalue weighted by atomic mass is 16.4. The lowest BCUT2D eigenvalue weighted by Gasteiger charge is -2.41. The minimum atomic E-state index is -1.000. The summed E-state index contributed by atoms with van der Waals surface area (Å²) in [6.45, 7) is 4.74. The predicted octanol–water partition coefficient (Wildman–Crippen LogP) is -0.128. The van der Waals surface area contributed by atoms with Gasteiger partial charge in [-0.25, -0.2) is 0 Å². The van der Waals surface area contributed by atoms with E-state index in [0.717, 1.165) is 13.0 Å². The summed E-state index contributed by atoms with van der Waals surface area (Å²) in [4.78, 5) is 0. The second-order valence-corrected chi connectivity index (χ2v) is 3.87. The van der Waals surface area contributed by atoms with Gasteiger partial charge < -0.3 is 15.5 Å². The summed E-state index contributed by atoms with van der Waals surface area (Å²) < 4.78 is 0. The van der Waals surface area contributed by atoms with Crippen molar-refractivity contribution in [3.8, 4) is 0 Å². The Hall–Kier alpha value is -0.120. The first-order chi connectivity index (χ1) is 4.96. The van der Waals surface area contributed by atoms with E-state index in [1.807, 2.05) is 0 Å². The first-order valence-electron chi connectivity index (χ1n) is 4.11. The van der Waals surface area contributed by atoms with E-state index in [1.165, 1.54) is 0 Å². The molecule has 1 fully saturated rings. The Kier molecular flexibility index (Phi) is 2.23. The smallest absolute Gasteiger partial charge is 0.105 e. The first-order valence-corrected chi connectivity index (χ1v) is 4.11. The Morgan fingerprint density at radius 1 is 1.45 bits per heavy atom. The van der Waals surface area contributed by atoms with Gasteiger partial charge >= 0.3 is 0 Å². The van der Waals surface area contributed by atoms with Gasteiger partial charge in [-0.05, 0) is 33.2 Å². The van der Waals surface area contributed by atoms with Crippen LogP contribution in [0.25, 0.3) is 0 Å². The summed E-state index contributed by atoms with van der Waals surface area (Å²) in [6.07, 6.45) is 1.62. The van der Waals surface area contributed by atoms with Gasteiger partial charge in [-0.2, -0.15) is 0 Å². The topological polar surface area (TPSA) is 52.5 Å². The second-order valence-electron chi connectivity index (χ2n) is 3.87. The van der Waals surface area contributed by atoms with Crippen LogP contribution in [-0.4, -0.2) is 34.5 Å². The maximum Gasteiger partial charge on any atom is 0.105 e. The lowest BCUT2D eigenvalue weighted by molar-refractivity contribution is -0.140. The van der Waals surface area contributed by atoms with Crippen molar-refractivity contribution in [3.63, 3.8) is 0 Å². The molecule has 0 aromatic rings. The van der Waals surface area contributed by atoms with Crippen LogP contribution in [0.1, 0.15) is 26.7 Å². The van der Waals surface area contributed by atoms with Crippen LogP contribution in [0.5, 0.6) is 0 Å². The molecule has 1 saturated heterocycles.